The Kier molecular flexibility index (Phi) is 2.29. The van der Waals surface area contributed by atoms with Crippen molar-refractivity contribution in [2.45, 2.75) is 18.9 Å². The molecule has 1 saturated heterocycles. The van der Waals surface area contributed by atoms with Gasteiger partial charge in [0.2, 0.25) is 0 Å². The summed E-state index contributed by atoms with van der Waals surface area (Å²) in [5.41, 5.74) is 0. The van der Waals surface area contributed by atoms with E-state index in [1.165, 1.54) is 12.8 Å². The van der Waals surface area contributed by atoms with Crippen molar-refractivity contribution in [3.05, 3.63) is 0 Å². The maximum Gasteiger partial charge on any atom is 0.110 e. The molecule has 3 heteroatoms. The van der Waals surface area contributed by atoms with Crippen LogP contribution >= 0.6 is 0 Å². The summed E-state index contributed by atoms with van der Waals surface area (Å²) < 4.78 is 0. The van der Waals surface area contributed by atoms with Gasteiger partial charge >= 0.3 is 0 Å². The van der Waals surface area contributed by atoms with Gasteiger partial charge in [0, 0.05) is 26.2 Å². The van der Waals surface area contributed by atoms with E-state index in [2.05, 4.69) is 16.3 Å². The first kappa shape index (κ1) is 8.03. The highest BCUT2D eigenvalue weighted by molar-refractivity contribution is 4.97. The largest absolute Gasteiger partial charge is 0.313 e. The van der Waals surface area contributed by atoms with Crippen LogP contribution in [0.2, 0.25) is 0 Å². The highest BCUT2D eigenvalue weighted by Crippen LogP contribution is 2.30. The van der Waals surface area contributed by atoms with Crippen molar-refractivity contribution in [1.82, 2.24) is 10.2 Å². The lowest BCUT2D eigenvalue weighted by atomic mass is 10.2. The minimum atomic E-state index is 0.124. The fourth-order valence-electron chi connectivity index (χ4n) is 1.72. The number of hydrogen-bond acceptors (Lipinski definition) is 3. The van der Waals surface area contributed by atoms with Crippen LogP contribution in [0.4, 0.5) is 0 Å². The molecule has 0 spiro atoms. The average molecular weight is 165 g/mol. The fraction of sp³-hybridized carbons (Fsp3) is 0.889. The topological polar surface area (TPSA) is 39.1 Å². The predicted molar refractivity (Wildman–Crippen MR) is 46.6 cm³/mol. The fourth-order valence-corrected chi connectivity index (χ4v) is 1.72. The molecule has 1 saturated carbocycles. The highest BCUT2D eigenvalue weighted by atomic mass is 15.2. The Morgan fingerprint density at radius 2 is 2.33 bits per heavy atom. The maximum absolute atomic E-state index is 8.86. The van der Waals surface area contributed by atoms with Crippen LogP contribution in [0.1, 0.15) is 12.8 Å². The Morgan fingerprint density at radius 3 is 3.00 bits per heavy atom. The first-order valence-electron chi connectivity index (χ1n) is 4.74. The van der Waals surface area contributed by atoms with Gasteiger partial charge in [-0.05, 0) is 18.8 Å². The molecule has 12 heavy (non-hydrogen) atoms. The first-order valence-corrected chi connectivity index (χ1v) is 4.74. The van der Waals surface area contributed by atoms with Crippen LogP contribution in [-0.2, 0) is 0 Å². The minimum Gasteiger partial charge on any atom is -0.313 e. The molecule has 1 heterocycles. The molecule has 1 aliphatic carbocycles. The van der Waals surface area contributed by atoms with Crippen LogP contribution in [0.25, 0.3) is 0 Å². The molecule has 0 aromatic rings. The van der Waals surface area contributed by atoms with E-state index >= 15 is 0 Å². The smallest absolute Gasteiger partial charge is 0.110 e. The van der Waals surface area contributed by atoms with Crippen LogP contribution in [0, 0.1) is 17.2 Å². The second-order valence-electron chi connectivity index (χ2n) is 3.79. The van der Waals surface area contributed by atoms with E-state index in [1.807, 2.05) is 0 Å². The van der Waals surface area contributed by atoms with Gasteiger partial charge in [-0.2, -0.15) is 5.26 Å². The molecule has 3 nitrogen and oxygen atoms in total. The second-order valence-corrected chi connectivity index (χ2v) is 3.79. The van der Waals surface area contributed by atoms with Crippen molar-refractivity contribution in [1.29, 1.82) is 5.26 Å². The van der Waals surface area contributed by atoms with Crippen molar-refractivity contribution in [2.24, 2.45) is 5.92 Å². The Bertz CT molecular complexity index is 192. The van der Waals surface area contributed by atoms with E-state index in [0.29, 0.717) is 0 Å². The molecule has 0 aromatic heterocycles. The summed E-state index contributed by atoms with van der Waals surface area (Å²) >= 11 is 0. The zero-order chi connectivity index (χ0) is 8.39. The van der Waals surface area contributed by atoms with Gasteiger partial charge < -0.3 is 5.32 Å². The Balaban J connectivity index is 1.86. The van der Waals surface area contributed by atoms with E-state index in [0.717, 1.165) is 32.1 Å². The van der Waals surface area contributed by atoms with E-state index in [4.69, 9.17) is 5.26 Å². The number of rotatable bonds is 2. The summed E-state index contributed by atoms with van der Waals surface area (Å²) in [6.07, 6.45) is 2.75. The molecular formula is C9H15N3. The number of nitrogens with zero attached hydrogens (tertiary/aromatic N) is 2. The van der Waals surface area contributed by atoms with Gasteiger partial charge in [-0.25, -0.2) is 0 Å². The van der Waals surface area contributed by atoms with Crippen LogP contribution in [0.15, 0.2) is 0 Å². The normalized spacial score (nSPS) is 31.4. The molecule has 1 N–H and O–H groups in total. The van der Waals surface area contributed by atoms with Crippen LogP contribution in [-0.4, -0.2) is 37.1 Å². The molecule has 0 amide bonds. The molecular weight excluding hydrogens is 150 g/mol. The molecule has 2 rings (SSSR count). The van der Waals surface area contributed by atoms with Crippen molar-refractivity contribution >= 4 is 0 Å². The molecule has 0 aromatic carbocycles. The number of nitriles is 1. The Morgan fingerprint density at radius 1 is 1.50 bits per heavy atom. The third-order valence-corrected chi connectivity index (χ3v) is 2.69. The van der Waals surface area contributed by atoms with Crippen molar-refractivity contribution in [3.63, 3.8) is 0 Å². The second kappa shape index (κ2) is 3.42. The third kappa shape index (κ3) is 1.77. The highest BCUT2D eigenvalue weighted by Gasteiger charge is 2.29. The molecule has 2 aliphatic rings. The zero-order valence-corrected chi connectivity index (χ0v) is 7.29. The lowest BCUT2D eigenvalue weighted by Gasteiger charge is -2.31. The molecule has 2 fully saturated rings. The van der Waals surface area contributed by atoms with Crippen LogP contribution < -0.4 is 5.32 Å². The lowest BCUT2D eigenvalue weighted by Crippen LogP contribution is -2.51. The standard InChI is InChI=1S/C9H15N3/c10-5-9-6-11-3-4-12(9)7-8-1-2-8/h8-9,11H,1-4,6-7H2. The third-order valence-electron chi connectivity index (χ3n) is 2.69. The van der Waals surface area contributed by atoms with Gasteiger partial charge in [0.15, 0.2) is 0 Å². The van der Waals surface area contributed by atoms with Gasteiger partial charge in [0.05, 0.1) is 6.07 Å². The van der Waals surface area contributed by atoms with E-state index in [1.54, 1.807) is 0 Å². The van der Waals surface area contributed by atoms with Crippen LogP contribution in [0.3, 0.4) is 0 Å². The maximum atomic E-state index is 8.86. The van der Waals surface area contributed by atoms with Gasteiger partial charge in [-0.15, -0.1) is 0 Å². The summed E-state index contributed by atoms with van der Waals surface area (Å²) in [6, 6.07) is 2.47. The summed E-state index contributed by atoms with van der Waals surface area (Å²) in [5.74, 6) is 0.902. The Labute approximate surface area is 73.3 Å². The van der Waals surface area contributed by atoms with Gasteiger partial charge in [-0.3, -0.25) is 4.90 Å². The molecule has 1 atom stereocenters. The van der Waals surface area contributed by atoms with Crippen molar-refractivity contribution in [3.8, 4) is 6.07 Å². The van der Waals surface area contributed by atoms with Crippen molar-refractivity contribution in [2.75, 3.05) is 26.2 Å². The van der Waals surface area contributed by atoms with Gasteiger partial charge in [-0.1, -0.05) is 0 Å². The average Bonchev–Trinajstić information content (AvgIpc) is 2.89. The number of piperazine rings is 1. The number of nitrogens with one attached hydrogen (secondary N) is 1. The lowest BCUT2D eigenvalue weighted by molar-refractivity contribution is 0.190. The van der Waals surface area contributed by atoms with Gasteiger partial charge in [0.25, 0.3) is 0 Å². The monoisotopic (exact) mass is 165 g/mol. The summed E-state index contributed by atoms with van der Waals surface area (Å²) in [4.78, 5) is 2.33. The van der Waals surface area contributed by atoms with E-state index in [-0.39, 0.29) is 6.04 Å². The zero-order valence-electron chi connectivity index (χ0n) is 7.29. The SMILES string of the molecule is N#CC1CNCCN1CC1CC1. The summed E-state index contributed by atoms with van der Waals surface area (Å²) in [6.45, 7) is 4.10. The summed E-state index contributed by atoms with van der Waals surface area (Å²) in [7, 11) is 0. The van der Waals surface area contributed by atoms with E-state index < -0.39 is 0 Å². The molecule has 1 aliphatic heterocycles. The molecule has 66 valence electrons. The Hall–Kier alpha value is -0.590. The van der Waals surface area contributed by atoms with Gasteiger partial charge in [0.1, 0.15) is 6.04 Å². The molecule has 0 bridgehead atoms. The first-order chi connectivity index (χ1) is 5.90. The molecule has 0 radical (unpaired) electrons. The quantitative estimate of drug-likeness (QED) is 0.635. The predicted octanol–water partition coefficient (Wildman–Crippen LogP) is 0.194. The number of hydrogen-bond donors (Lipinski definition) is 1. The van der Waals surface area contributed by atoms with E-state index in [9.17, 15) is 0 Å². The van der Waals surface area contributed by atoms with Crippen molar-refractivity contribution < 1.29 is 0 Å². The minimum absolute atomic E-state index is 0.124. The van der Waals surface area contributed by atoms with Crippen LogP contribution in [0.5, 0.6) is 0 Å². The summed E-state index contributed by atoms with van der Waals surface area (Å²) in [5, 5.41) is 12.1. The molecule has 1 unspecified atom stereocenters.